The van der Waals surface area contributed by atoms with E-state index in [0.717, 1.165) is 43.3 Å². The fraction of sp³-hybridized carbons (Fsp3) is 0.692. The minimum atomic E-state index is 0.783. The topological polar surface area (TPSA) is 41.1 Å². The Morgan fingerprint density at radius 2 is 1.88 bits per heavy atom. The lowest BCUT2D eigenvalue weighted by Crippen LogP contribution is -2.16. The predicted octanol–water partition coefficient (Wildman–Crippen LogP) is 2.23. The summed E-state index contributed by atoms with van der Waals surface area (Å²) in [5.74, 6) is 1.90. The second kappa shape index (κ2) is 6.55. The van der Waals surface area contributed by atoms with Crippen LogP contribution in [0.15, 0.2) is 0 Å². The molecule has 0 fully saturated rings. The van der Waals surface area contributed by atoms with Crippen LogP contribution < -0.4 is 5.32 Å². The Morgan fingerprint density at radius 1 is 1.18 bits per heavy atom. The maximum atomic E-state index is 4.62. The molecule has 0 atom stereocenters. The van der Waals surface area contributed by atoms with Gasteiger partial charge in [0.2, 0.25) is 0 Å². The zero-order valence-corrected chi connectivity index (χ0v) is 11.7. The van der Waals surface area contributed by atoms with Crippen molar-refractivity contribution in [1.29, 1.82) is 0 Å². The molecule has 96 valence electrons. The van der Waals surface area contributed by atoms with Gasteiger partial charge < -0.3 is 10.2 Å². The molecular weight excluding hydrogens is 212 g/mol. The van der Waals surface area contributed by atoms with Gasteiger partial charge in [-0.15, -0.1) is 0 Å². The Bertz CT molecular complexity index is 361. The highest BCUT2D eigenvalue weighted by molar-refractivity contribution is 5.46. The van der Waals surface area contributed by atoms with E-state index in [0.29, 0.717) is 0 Å². The number of rotatable bonds is 6. The number of nitrogens with zero attached hydrogens (tertiary/aromatic N) is 3. The highest BCUT2D eigenvalue weighted by Crippen LogP contribution is 2.17. The molecular formula is C13H24N4. The van der Waals surface area contributed by atoms with Crippen LogP contribution >= 0.6 is 0 Å². The Labute approximate surface area is 104 Å². The smallest absolute Gasteiger partial charge is 0.144 e. The number of aryl methyl sites for hydroxylation is 1. The summed E-state index contributed by atoms with van der Waals surface area (Å²) in [6.45, 7) is 8.12. The molecule has 0 aromatic carbocycles. The second-order valence-corrected chi connectivity index (χ2v) is 4.57. The molecule has 0 aliphatic carbocycles. The summed E-state index contributed by atoms with van der Waals surface area (Å²) in [5, 5.41) is 3.40. The van der Waals surface area contributed by atoms with Gasteiger partial charge in [-0.1, -0.05) is 13.8 Å². The lowest BCUT2D eigenvalue weighted by atomic mass is 10.1. The Hall–Kier alpha value is -1.16. The molecule has 1 N–H and O–H groups in total. The fourth-order valence-corrected chi connectivity index (χ4v) is 1.82. The Balaban J connectivity index is 3.00. The van der Waals surface area contributed by atoms with E-state index in [2.05, 4.69) is 41.0 Å². The molecule has 1 heterocycles. The first-order chi connectivity index (χ1) is 8.08. The summed E-state index contributed by atoms with van der Waals surface area (Å²) in [6.07, 6.45) is 2.08. The molecule has 0 unspecified atom stereocenters. The highest BCUT2D eigenvalue weighted by Gasteiger charge is 2.10. The van der Waals surface area contributed by atoms with Crippen molar-refractivity contribution < 1.29 is 0 Å². The summed E-state index contributed by atoms with van der Waals surface area (Å²) in [4.78, 5) is 11.3. The third-order valence-corrected chi connectivity index (χ3v) is 2.61. The maximum absolute atomic E-state index is 4.62. The van der Waals surface area contributed by atoms with E-state index in [1.54, 1.807) is 0 Å². The van der Waals surface area contributed by atoms with Crippen molar-refractivity contribution >= 4 is 5.82 Å². The van der Waals surface area contributed by atoms with Crippen LogP contribution in [0.25, 0.3) is 0 Å². The summed E-state index contributed by atoms with van der Waals surface area (Å²) in [7, 11) is 4.07. The first-order valence-corrected chi connectivity index (χ1v) is 6.33. The minimum absolute atomic E-state index is 0.783. The first-order valence-electron chi connectivity index (χ1n) is 6.33. The molecule has 1 aromatic rings. The van der Waals surface area contributed by atoms with Gasteiger partial charge in [0.15, 0.2) is 0 Å². The van der Waals surface area contributed by atoms with Crippen LogP contribution in [0.2, 0.25) is 0 Å². The third kappa shape index (κ3) is 3.97. The molecule has 4 heteroatoms. The van der Waals surface area contributed by atoms with E-state index >= 15 is 0 Å². The van der Waals surface area contributed by atoms with Gasteiger partial charge in [-0.05, 0) is 33.9 Å². The van der Waals surface area contributed by atoms with Gasteiger partial charge in [0.25, 0.3) is 0 Å². The van der Waals surface area contributed by atoms with Crippen LogP contribution in [0.3, 0.4) is 0 Å². The number of anilines is 1. The summed E-state index contributed by atoms with van der Waals surface area (Å²) < 4.78 is 0. The molecule has 0 aliphatic rings. The summed E-state index contributed by atoms with van der Waals surface area (Å²) in [5.41, 5.74) is 2.33. The molecule has 0 saturated carbocycles. The number of hydrogen-bond donors (Lipinski definition) is 1. The van der Waals surface area contributed by atoms with Gasteiger partial charge >= 0.3 is 0 Å². The average Bonchev–Trinajstić information content (AvgIpc) is 2.25. The van der Waals surface area contributed by atoms with Crippen molar-refractivity contribution in [2.24, 2.45) is 0 Å². The minimum Gasteiger partial charge on any atom is -0.370 e. The number of aromatic nitrogens is 2. The van der Waals surface area contributed by atoms with Crippen molar-refractivity contribution in [3.63, 3.8) is 0 Å². The zero-order valence-electron chi connectivity index (χ0n) is 11.7. The number of nitrogens with one attached hydrogen (secondary N) is 1. The Morgan fingerprint density at radius 3 is 2.41 bits per heavy atom. The van der Waals surface area contributed by atoms with Gasteiger partial charge in [-0.25, -0.2) is 9.97 Å². The molecule has 0 radical (unpaired) electrons. The van der Waals surface area contributed by atoms with E-state index in [9.17, 15) is 0 Å². The van der Waals surface area contributed by atoms with Gasteiger partial charge in [0.05, 0.1) is 6.54 Å². The van der Waals surface area contributed by atoms with Gasteiger partial charge in [0.1, 0.15) is 11.6 Å². The standard InChI is InChI=1S/C13H24N4/c1-6-8-14-13-11(7-2)10(3)15-12(16-13)9-17(4)5/h6-9H2,1-5H3,(H,14,15,16). The quantitative estimate of drug-likeness (QED) is 0.822. The molecule has 17 heavy (non-hydrogen) atoms. The van der Waals surface area contributed by atoms with Crippen LogP contribution in [0, 0.1) is 6.92 Å². The SMILES string of the molecule is CCCNc1nc(CN(C)C)nc(C)c1CC. The van der Waals surface area contributed by atoms with E-state index in [-0.39, 0.29) is 0 Å². The van der Waals surface area contributed by atoms with E-state index in [1.807, 2.05) is 14.1 Å². The lowest BCUT2D eigenvalue weighted by Gasteiger charge is -2.15. The highest BCUT2D eigenvalue weighted by atomic mass is 15.1. The Kier molecular flexibility index (Phi) is 5.35. The molecule has 0 saturated heterocycles. The van der Waals surface area contributed by atoms with Crippen LogP contribution in [0.5, 0.6) is 0 Å². The van der Waals surface area contributed by atoms with Crippen LogP contribution in [0.1, 0.15) is 37.4 Å². The molecule has 0 spiro atoms. The van der Waals surface area contributed by atoms with E-state index in [1.165, 1.54) is 5.56 Å². The van der Waals surface area contributed by atoms with E-state index in [4.69, 9.17) is 0 Å². The van der Waals surface area contributed by atoms with Crippen LogP contribution in [-0.4, -0.2) is 35.5 Å². The predicted molar refractivity (Wildman–Crippen MR) is 72.3 cm³/mol. The fourth-order valence-electron chi connectivity index (χ4n) is 1.82. The van der Waals surface area contributed by atoms with Crippen LogP contribution in [0.4, 0.5) is 5.82 Å². The van der Waals surface area contributed by atoms with Gasteiger partial charge in [0, 0.05) is 17.8 Å². The monoisotopic (exact) mass is 236 g/mol. The third-order valence-electron chi connectivity index (χ3n) is 2.61. The summed E-state index contributed by atoms with van der Waals surface area (Å²) in [6, 6.07) is 0. The maximum Gasteiger partial charge on any atom is 0.144 e. The molecule has 1 rings (SSSR count). The van der Waals surface area contributed by atoms with Crippen molar-refractivity contribution in [2.45, 2.75) is 40.2 Å². The van der Waals surface area contributed by atoms with Gasteiger partial charge in [-0.2, -0.15) is 0 Å². The average molecular weight is 236 g/mol. The van der Waals surface area contributed by atoms with Crippen LogP contribution in [-0.2, 0) is 13.0 Å². The molecule has 4 nitrogen and oxygen atoms in total. The molecule has 0 aliphatic heterocycles. The first kappa shape index (κ1) is 13.9. The normalized spacial score (nSPS) is 10.9. The van der Waals surface area contributed by atoms with Crippen molar-refractivity contribution in [2.75, 3.05) is 26.0 Å². The second-order valence-electron chi connectivity index (χ2n) is 4.57. The van der Waals surface area contributed by atoms with Crippen molar-refractivity contribution in [1.82, 2.24) is 14.9 Å². The van der Waals surface area contributed by atoms with Crippen molar-refractivity contribution in [3.8, 4) is 0 Å². The zero-order chi connectivity index (χ0) is 12.8. The van der Waals surface area contributed by atoms with E-state index < -0.39 is 0 Å². The largest absolute Gasteiger partial charge is 0.370 e. The lowest BCUT2D eigenvalue weighted by molar-refractivity contribution is 0.390. The summed E-state index contributed by atoms with van der Waals surface area (Å²) >= 11 is 0. The number of hydrogen-bond acceptors (Lipinski definition) is 4. The van der Waals surface area contributed by atoms with Crippen molar-refractivity contribution in [3.05, 3.63) is 17.1 Å². The van der Waals surface area contributed by atoms with Gasteiger partial charge in [-0.3, -0.25) is 0 Å². The molecule has 0 bridgehead atoms. The molecule has 1 aromatic heterocycles. The molecule has 0 amide bonds.